The smallest absolute Gasteiger partial charge is 0.132 e. The molecule has 0 aromatic carbocycles. The molecule has 0 aromatic heterocycles. The van der Waals surface area contributed by atoms with E-state index >= 15 is 0 Å². The van der Waals surface area contributed by atoms with Crippen LogP contribution in [0.2, 0.25) is 0 Å². The Morgan fingerprint density at radius 2 is 1.95 bits per heavy atom. The maximum Gasteiger partial charge on any atom is 0.132 e. The van der Waals surface area contributed by atoms with E-state index in [1.165, 1.54) is 25.7 Å². The Balaban J connectivity index is 0.000000192. The Morgan fingerprint density at radius 1 is 1.26 bits per heavy atom. The molecule has 0 N–H and O–H groups in total. The summed E-state index contributed by atoms with van der Waals surface area (Å²) in [5, 5.41) is 0. The monoisotopic (exact) mass is 264 g/mol. The van der Waals surface area contributed by atoms with Crippen LogP contribution < -0.4 is 0 Å². The van der Waals surface area contributed by atoms with Crippen LogP contribution in [-0.4, -0.2) is 5.78 Å². The van der Waals surface area contributed by atoms with Gasteiger partial charge in [-0.2, -0.15) is 0 Å². The third-order valence-corrected chi connectivity index (χ3v) is 5.00. The van der Waals surface area contributed by atoms with Gasteiger partial charge in [0.15, 0.2) is 0 Å². The van der Waals surface area contributed by atoms with Crippen LogP contribution >= 0.6 is 0 Å². The van der Waals surface area contributed by atoms with Crippen LogP contribution in [0.5, 0.6) is 0 Å². The molecule has 1 saturated carbocycles. The van der Waals surface area contributed by atoms with Gasteiger partial charge in [-0.25, -0.2) is 0 Å². The van der Waals surface area contributed by atoms with Gasteiger partial charge in [0.25, 0.3) is 0 Å². The molecule has 1 heteroatoms. The van der Waals surface area contributed by atoms with Crippen molar-refractivity contribution in [2.24, 2.45) is 17.3 Å². The predicted octanol–water partition coefficient (Wildman–Crippen LogP) is 5.54. The minimum atomic E-state index is 0.406. The number of carbonyl (C=O) groups is 1. The summed E-state index contributed by atoms with van der Waals surface area (Å²) in [7, 11) is 0. The molecule has 1 fully saturated rings. The molecule has 2 atom stereocenters. The number of allylic oxidation sites excluding steroid dienone is 2. The normalized spacial score (nSPS) is 26.7. The van der Waals surface area contributed by atoms with Crippen LogP contribution in [0, 0.1) is 17.3 Å². The van der Waals surface area contributed by atoms with Gasteiger partial charge in [-0.05, 0) is 43.4 Å². The summed E-state index contributed by atoms with van der Waals surface area (Å²) in [5.41, 5.74) is 2.29. The third kappa shape index (κ3) is 4.78. The summed E-state index contributed by atoms with van der Waals surface area (Å²) >= 11 is 0. The van der Waals surface area contributed by atoms with Crippen molar-refractivity contribution in [3.63, 3.8) is 0 Å². The molecule has 1 nitrogen and oxygen atoms in total. The van der Waals surface area contributed by atoms with Gasteiger partial charge in [-0.3, -0.25) is 4.79 Å². The molecular weight excluding hydrogens is 232 g/mol. The topological polar surface area (TPSA) is 17.1 Å². The minimum Gasteiger partial charge on any atom is -0.300 e. The Bertz CT molecular complexity index is 325. The fraction of sp³-hybridized carbons (Fsp3) is 0.833. The minimum absolute atomic E-state index is 0.406. The summed E-state index contributed by atoms with van der Waals surface area (Å²) in [5.74, 6) is 2.46. The second-order valence-corrected chi connectivity index (χ2v) is 6.87. The standard InChI is InChI=1S/C10H16.C8H16O/c1-7-4-5-8-9(6-7)10(8,2)3;1-3-5-6-7-8(9)4-2/h4,8-9H,5-6H2,1-3H3;3-7H2,1-2H3. The van der Waals surface area contributed by atoms with Gasteiger partial charge in [0.1, 0.15) is 5.78 Å². The molecule has 2 aliphatic rings. The molecular formula is C18H32O. The molecule has 0 heterocycles. The second kappa shape index (κ2) is 7.26. The molecule has 0 aromatic rings. The first-order valence-electron chi connectivity index (χ1n) is 8.10. The van der Waals surface area contributed by atoms with Crippen LogP contribution in [0.1, 0.15) is 79.6 Å². The molecule has 0 saturated heterocycles. The van der Waals surface area contributed by atoms with Crippen molar-refractivity contribution in [3.8, 4) is 0 Å². The summed E-state index contributed by atoms with van der Waals surface area (Å²) in [6.45, 7) is 11.2. The van der Waals surface area contributed by atoms with E-state index < -0.39 is 0 Å². The van der Waals surface area contributed by atoms with E-state index in [4.69, 9.17) is 0 Å². The Hall–Kier alpha value is -0.590. The van der Waals surface area contributed by atoms with E-state index in [9.17, 15) is 4.79 Å². The summed E-state index contributed by atoms with van der Waals surface area (Å²) in [6.07, 6.45) is 10.1. The van der Waals surface area contributed by atoms with E-state index in [0.717, 1.165) is 24.7 Å². The van der Waals surface area contributed by atoms with E-state index in [1.807, 2.05) is 6.92 Å². The quantitative estimate of drug-likeness (QED) is 0.470. The molecule has 0 radical (unpaired) electrons. The van der Waals surface area contributed by atoms with Crippen molar-refractivity contribution in [2.75, 3.05) is 0 Å². The van der Waals surface area contributed by atoms with Gasteiger partial charge in [-0.1, -0.05) is 52.2 Å². The number of unbranched alkanes of at least 4 members (excludes halogenated alkanes) is 2. The molecule has 2 aliphatic carbocycles. The van der Waals surface area contributed by atoms with Crippen molar-refractivity contribution >= 4 is 5.78 Å². The first-order chi connectivity index (χ1) is 8.93. The largest absolute Gasteiger partial charge is 0.300 e. The van der Waals surface area contributed by atoms with Crippen LogP contribution in [0.25, 0.3) is 0 Å². The van der Waals surface area contributed by atoms with Crippen molar-refractivity contribution in [3.05, 3.63) is 11.6 Å². The zero-order chi connectivity index (χ0) is 14.5. The van der Waals surface area contributed by atoms with Crippen molar-refractivity contribution < 1.29 is 4.79 Å². The van der Waals surface area contributed by atoms with Gasteiger partial charge >= 0.3 is 0 Å². The second-order valence-electron chi connectivity index (χ2n) is 6.87. The maximum absolute atomic E-state index is 10.7. The van der Waals surface area contributed by atoms with Gasteiger partial charge < -0.3 is 0 Å². The highest BCUT2D eigenvalue weighted by Crippen LogP contribution is 2.64. The van der Waals surface area contributed by atoms with Gasteiger partial charge in [0, 0.05) is 12.8 Å². The van der Waals surface area contributed by atoms with E-state index in [-0.39, 0.29) is 0 Å². The maximum atomic E-state index is 10.7. The lowest BCUT2D eigenvalue weighted by molar-refractivity contribution is -0.118. The van der Waals surface area contributed by atoms with Crippen molar-refractivity contribution in [1.82, 2.24) is 0 Å². The average Bonchev–Trinajstić information content (AvgIpc) is 2.92. The average molecular weight is 264 g/mol. The van der Waals surface area contributed by atoms with Crippen LogP contribution in [-0.2, 0) is 4.79 Å². The number of hydrogen-bond donors (Lipinski definition) is 0. The predicted molar refractivity (Wildman–Crippen MR) is 83.2 cm³/mol. The Morgan fingerprint density at radius 3 is 2.42 bits per heavy atom. The number of ketones is 1. The fourth-order valence-corrected chi connectivity index (χ4v) is 3.24. The van der Waals surface area contributed by atoms with E-state index in [0.29, 0.717) is 17.6 Å². The Kier molecular flexibility index (Phi) is 6.29. The van der Waals surface area contributed by atoms with Crippen molar-refractivity contribution in [1.29, 1.82) is 0 Å². The summed E-state index contributed by atoms with van der Waals surface area (Å²) in [6, 6.07) is 0. The molecule has 19 heavy (non-hydrogen) atoms. The van der Waals surface area contributed by atoms with Gasteiger partial charge in [0.05, 0.1) is 0 Å². The summed E-state index contributed by atoms with van der Waals surface area (Å²) < 4.78 is 0. The lowest BCUT2D eigenvalue weighted by Gasteiger charge is -2.05. The molecule has 0 bridgehead atoms. The van der Waals surface area contributed by atoms with Gasteiger partial charge in [-0.15, -0.1) is 0 Å². The highest BCUT2D eigenvalue weighted by Gasteiger charge is 2.57. The zero-order valence-electron chi connectivity index (χ0n) is 13.6. The number of rotatable bonds is 5. The number of hydrogen-bond acceptors (Lipinski definition) is 1. The molecule has 2 unspecified atom stereocenters. The van der Waals surface area contributed by atoms with E-state index in [1.54, 1.807) is 5.57 Å². The van der Waals surface area contributed by atoms with E-state index in [2.05, 4.69) is 33.8 Å². The van der Waals surface area contributed by atoms with Crippen molar-refractivity contribution in [2.45, 2.75) is 79.6 Å². The Labute approximate surface area is 119 Å². The SMILES string of the molecule is CC1=CCC2C(C1)C2(C)C.CCCCCC(=O)CC. The fourth-order valence-electron chi connectivity index (χ4n) is 3.24. The zero-order valence-corrected chi connectivity index (χ0v) is 13.6. The third-order valence-electron chi connectivity index (χ3n) is 5.00. The van der Waals surface area contributed by atoms with Gasteiger partial charge in [0.2, 0.25) is 0 Å². The number of fused-ring (bicyclic) bond motifs is 1. The summed E-state index contributed by atoms with van der Waals surface area (Å²) in [4.78, 5) is 10.7. The highest BCUT2D eigenvalue weighted by molar-refractivity contribution is 5.77. The molecule has 2 rings (SSSR count). The number of Topliss-reactive ketones (excluding diaryl/α,β-unsaturated/α-hetero) is 1. The molecule has 0 amide bonds. The highest BCUT2D eigenvalue weighted by atomic mass is 16.1. The number of carbonyl (C=O) groups excluding carboxylic acids is 1. The first-order valence-corrected chi connectivity index (χ1v) is 8.10. The van der Waals surface area contributed by atoms with Crippen LogP contribution in [0.3, 0.4) is 0 Å². The molecule has 0 aliphatic heterocycles. The lowest BCUT2D eigenvalue weighted by atomic mass is 10.0. The molecule has 110 valence electrons. The lowest BCUT2D eigenvalue weighted by Crippen LogP contribution is -1.93. The molecule has 0 spiro atoms. The van der Waals surface area contributed by atoms with Crippen LogP contribution in [0.4, 0.5) is 0 Å². The first kappa shape index (κ1) is 16.5. The van der Waals surface area contributed by atoms with Crippen LogP contribution in [0.15, 0.2) is 11.6 Å².